The lowest BCUT2D eigenvalue weighted by molar-refractivity contribution is -0.118. The van der Waals surface area contributed by atoms with Crippen molar-refractivity contribution in [3.8, 4) is 5.75 Å². The third-order valence-electron chi connectivity index (χ3n) is 5.76. The lowest BCUT2D eigenvalue weighted by atomic mass is 10.0. The van der Waals surface area contributed by atoms with Crippen LogP contribution in [-0.4, -0.2) is 35.3 Å². The summed E-state index contributed by atoms with van der Waals surface area (Å²) in [6.45, 7) is 7.29. The van der Waals surface area contributed by atoms with Crippen LogP contribution < -0.4 is 20.9 Å². The van der Waals surface area contributed by atoms with Crippen molar-refractivity contribution >= 4 is 29.3 Å². The number of benzene rings is 2. The van der Waals surface area contributed by atoms with E-state index in [2.05, 4.69) is 10.6 Å². The van der Waals surface area contributed by atoms with Crippen LogP contribution in [-0.2, 0) is 28.4 Å². The maximum absolute atomic E-state index is 13.4. The highest BCUT2D eigenvalue weighted by molar-refractivity contribution is 6.17. The van der Waals surface area contributed by atoms with Crippen LogP contribution in [0, 0.1) is 6.92 Å². The number of carbonyl (C=O) groups excluding carboxylic acids is 2. The smallest absolute Gasteiger partial charge is 0.408 e. The van der Waals surface area contributed by atoms with E-state index in [1.165, 1.54) is 4.57 Å². The molecule has 3 rings (SSSR count). The molecule has 3 aromatic rings. The number of aryl methyl sites for hydroxylation is 1. The predicted molar refractivity (Wildman–Crippen MR) is 149 cm³/mol. The van der Waals surface area contributed by atoms with Crippen LogP contribution >= 0.6 is 11.6 Å². The van der Waals surface area contributed by atoms with Crippen molar-refractivity contribution in [2.24, 2.45) is 0 Å². The van der Waals surface area contributed by atoms with Crippen LogP contribution in [0.25, 0.3) is 0 Å². The second-order valence-corrected chi connectivity index (χ2v) is 10.3. The van der Waals surface area contributed by atoms with Crippen LogP contribution in [0.3, 0.4) is 0 Å². The Kier molecular flexibility index (Phi) is 9.58. The number of ether oxygens (including phenoxy) is 2. The van der Waals surface area contributed by atoms with Gasteiger partial charge in [-0.2, -0.15) is 0 Å². The third-order valence-corrected chi connectivity index (χ3v) is 6.07. The molecular weight excluding hydrogens is 506 g/mol. The SMILES string of the molecule is COc1ccc(Cn2ccc(C)c(NC(=O)C(Cc3ccc(CCl)cc3)NC(=O)OC(C)(C)C)c2=O)cc1. The zero-order valence-electron chi connectivity index (χ0n) is 22.3. The van der Waals surface area contributed by atoms with E-state index in [0.29, 0.717) is 18.0 Å². The summed E-state index contributed by atoms with van der Waals surface area (Å²) >= 11 is 5.89. The molecule has 9 heteroatoms. The van der Waals surface area contributed by atoms with Gasteiger partial charge in [0.05, 0.1) is 13.7 Å². The first-order valence-corrected chi connectivity index (χ1v) is 12.8. The minimum Gasteiger partial charge on any atom is -0.497 e. The predicted octanol–water partition coefficient (Wildman–Crippen LogP) is 5.03. The lowest BCUT2D eigenvalue weighted by Crippen LogP contribution is -2.47. The maximum atomic E-state index is 13.4. The molecule has 0 fully saturated rings. The van der Waals surface area contributed by atoms with Crippen molar-refractivity contribution < 1.29 is 19.1 Å². The van der Waals surface area contributed by atoms with Gasteiger partial charge < -0.3 is 24.7 Å². The van der Waals surface area contributed by atoms with Crippen LogP contribution in [0.4, 0.5) is 10.5 Å². The molecule has 0 aliphatic carbocycles. The zero-order valence-corrected chi connectivity index (χ0v) is 23.1. The molecule has 0 spiro atoms. The van der Waals surface area contributed by atoms with Crippen molar-refractivity contribution in [2.45, 2.75) is 58.2 Å². The highest BCUT2D eigenvalue weighted by Crippen LogP contribution is 2.15. The fraction of sp³-hybridized carbons (Fsp3) is 0.345. The van der Waals surface area contributed by atoms with Crippen molar-refractivity contribution in [3.63, 3.8) is 0 Å². The summed E-state index contributed by atoms with van der Waals surface area (Å²) in [7, 11) is 1.59. The molecule has 1 atom stereocenters. The Morgan fingerprint density at radius 2 is 1.58 bits per heavy atom. The number of pyridine rings is 1. The van der Waals surface area contributed by atoms with Crippen molar-refractivity contribution in [3.05, 3.63) is 93.4 Å². The summed E-state index contributed by atoms with van der Waals surface area (Å²) in [6.07, 6.45) is 1.16. The molecule has 0 radical (unpaired) electrons. The number of anilines is 1. The van der Waals surface area contributed by atoms with Crippen molar-refractivity contribution in [1.82, 2.24) is 9.88 Å². The highest BCUT2D eigenvalue weighted by atomic mass is 35.5. The molecule has 8 nitrogen and oxygen atoms in total. The minimum atomic E-state index is -0.985. The Morgan fingerprint density at radius 1 is 0.974 bits per heavy atom. The number of alkyl carbamates (subject to hydrolysis) is 1. The molecule has 0 aliphatic heterocycles. The zero-order chi connectivity index (χ0) is 27.9. The van der Waals surface area contributed by atoms with Gasteiger partial charge in [0.2, 0.25) is 5.91 Å². The molecule has 2 N–H and O–H groups in total. The molecule has 0 saturated carbocycles. The van der Waals surface area contributed by atoms with Gasteiger partial charge in [-0.15, -0.1) is 11.6 Å². The van der Waals surface area contributed by atoms with E-state index in [1.54, 1.807) is 47.1 Å². The number of amides is 2. The minimum absolute atomic E-state index is 0.152. The molecule has 2 aromatic carbocycles. The fourth-order valence-corrected chi connectivity index (χ4v) is 3.92. The number of nitrogens with zero attached hydrogens (tertiary/aromatic N) is 1. The standard InChI is InChI=1S/C29H34ClN3O5/c1-19-14-15-33(18-22-10-12-23(37-5)13-11-22)27(35)25(19)32-26(34)24(31-28(36)38-29(2,3)4)16-20-6-8-21(17-30)9-7-20/h6-15,24H,16-18H2,1-5H3,(H,31,36)(H,32,34). The lowest BCUT2D eigenvalue weighted by Gasteiger charge is -2.23. The molecule has 2 amide bonds. The Morgan fingerprint density at radius 3 is 2.16 bits per heavy atom. The van der Waals surface area contributed by atoms with Gasteiger partial charge in [0.25, 0.3) is 5.56 Å². The monoisotopic (exact) mass is 539 g/mol. The van der Waals surface area contributed by atoms with Gasteiger partial charge in [-0.1, -0.05) is 36.4 Å². The van der Waals surface area contributed by atoms with Crippen LogP contribution in [0.2, 0.25) is 0 Å². The van der Waals surface area contributed by atoms with E-state index in [1.807, 2.05) is 48.5 Å². The Balaban J connectivity index is 1.84. The molecular formula is C29H34ClN3O5. The van der Waals surface area contributed by atoms with Crippen molar-refractivity contribution in [2.75, 3.05) is 12.4 Å². The summed E-state index contributed by atoms with van der Waals surface area (Å²) in [5.74, 6) is 0.564. The summed E-state index contributed by atoms with van der Waals surface area (Å²) in [4.78, 5) is 39.3. The van der Waals surface area contributed by atoms with E-state index in [9.17, 15) is 14.4 Å². The number of hydrogen-bond acceptors (Lipinski definition) is 5. The number of methoxy groups -OCH3 is 1. The second-order valence-electron chi connectivity index (χ2n) is 10.00. The van der Waals surface area contributed by atoms with E-state index in [4.69, 9.17) is 21.1 Å². The molecule has 0 aliphatic rings. The summed E-state index contributed by atoms with van der Waals surface area (Å²) in [5, 5.41) is 5.41. The summed E-state index contributed by atoms with van der Waals surface area (Å²) in [5.41, 5.74) is 2.33. The van der Waals surface area contributed by atoms with Gasteiger partial charge in [-0.05, 0) is 68.1 Å². The fourth-order valence-electron chi connectivity index (χ4n) is 3.74. The van der Waals surface area contributed by atoms with Gasteiger partial charge in [0.15, 0.2) is 0 Å². The molecule has 1 heterocycles. The third kappa shape index (κ3) is 8.11. The Hall–Kier alpha value is -3.78. The van der Waals surface area contributed by atoms with Crippen molar-refractivity contribution in [1.29, 1.82) is 0 Å². The topological polar surface area (TPSA) is 98.7 Å². The quantitative estimate of drug-likeness (QED) is 0.372. The molecule has 202 valence electrons. The average Bonchev–Trinajstić information content (AvgIpc) is 2.87. The molecule has 1 aromatic heterocycles. The number of rotatable bonds is 9. The molecule has 1 unspecified atom stereocenters. The number of alkyl halides is 1. The number of hydrogen-bond donors (Lipinski definition) is 2. The summed E-state index contributed by atoms with van der Waals surface area (Å²) < 4.78 is 12.1. The van der Waals surface area contributed by atoms with E-state index < -0.39 is 23.6 Å². The molecule has 0 bridgehead atoms. The first-order chi connectivity index (χ1) is 18.0. The van der Waals surface area contributed by atoms with Gasteiger partial charge in [-0.3, -0.25) is 9.59 Å². The van der Waals surface area contributed by atoms with Gasteiger partial charge >= 0.3 is 6.09 Å². The Bertz CT molecular complexity index is 1310. The first-order valence-electron chi connectivity index (χ1n) is 12.3. The van der Waals surface area contributed by atoms with Gasteiger partial charge in [0.1, 0.15) is 23.1 Å². The maximum Gasteiger partial charge on any atom is 0.408 e. The van der Waals surface area contributed by atoms with Gasteiger partial charge in [-0.25, -0.2) is 4.79 Å². The average molecular weight is 540 g/mol. The molecule has 38 heavy (non-hydrogen) atoms. The summed E-state index contributed by atoms with van der Waals surface area (Å²) in [6, 6.07) is 15.6. The normalized spacial score (nSPS) is 11.9. The second kappa shape index (κ2) is 12.6. The largest absolute Gasteiger partial charge is 0.497 e. The number of aromatic nitrogens is 1. The van der Waals surface area contributed by atoms with E-state index >= 15 is 0 Å². The Labute approximate surface area is 227 Å². The van der Waals surface area contributed by atoms with Crippen LogP contribution in [0.15, 0.2) is 65.6 Å². The first kappa shape index (κ1) is 28.8. The molecule has 0 saturated heterocycles. The van der Waals surface area contributed by atoms with E-state index in [0.717, 1.165) is 22.4 Å². The van der Waals surface area contributed by atoms with Gasteiger partial charge in [0, 0.05) is 18.5 Å². The number of carbonyl (C=O) groups is 2. The number of nitrogens with one attached hydrogen (secondary N) is 2. The highest BCUT2D eigenvalue weighted by Gasteiger charge is 2.26. The van der Waals surface area contributed by atoms with Crippen LogP contribution in [0.1, 0.15) is 43.0 Å². The number of halogens is 1. The van der Waals surface area contributed by atoms with E-state index in [-0.39, 0.29) is 17.7 Å². The van der Waals surface area contributed by atoms with Crippen LogP contribution in [0.5, 0.6) is 5.75 Å².